The van der Waals surface area contributed by atoms with Gasteiger partial charge in [-0.25, -0.2) is 0 Å². The normalized spacial score (nSPS) is 15.0. The molecule has 0 bridgehead atoms. The number of para-hydroxylation sites is 1. The van der Waals surface area contributed by atoms with E-state index in [1.165, 1.54) is 6.07 Å². The Morgan fingerprint density at radius 2 is 1.96 bits per heavy atom. The third-order valence-corrected chi connectivity index (χ3v) is 5.33. The maximum absolute atomic E-state index is 12.2. The van der Waals surface area contributed by atoms with E-state index in [2.05, 4.69) is 15.0 Å². The average Bonchev–Trinajstić information content (AvgIpc) is 2.51. The lowest BCUT2D eigenvalue weighted by atomic mass is 10.2. The molecule has 0 fully saturated rings. The highest BCUT2D eigenvalue weighted by atomic mass is 35.5. The first-order valence-corrected chi connectivity index (χ1v) is 8.93. The standard InChI is InChI=1S/C16H14ClN3O3S/c1-10-11(17)5-4-7-12(10)19-16(21)9-15-18-13-6-2-3-8-14(13)24(22,23)20-15/h2-8H,9H2,1H3,(H,18,20)(H,19,21). The third-order valence-electron chi connectivity index (χ3n) is 3.54. The Hall–Kier alpha value is -2.38. The minimum Gasteiger partial charge on any atom is -0.341 e. The van der Waals surface area contributed by atoms with Gasteiger partial charge < -0.3 is 10.6 Å². The molecule has 0 unspecified atom stereocenters. The van der Waals surface area contributed by atoms with Gasteiger partial charge in [-0.2, -0.15) is 8.42 Å². The molecule has 2 N–H and O–H groups in total. The van der Waals surface area contributed by atoms with Crippen molar-refractivity contribution in [2.75, 3.05) is 10.6 Å². The molecular formula is C16H14ClN3O3S. The number of nitrogens with zero attached hydrogens (tertiary/aromatic N) is 1. The minimum absolute atomic E-state index is 0.0749. The smallest absolute Gasteiger partial charge is 0.286 e. The summed E-state index contributed by atoms with van der Waals surface area (Å²) >= 11 is 6.02. The van der Waals surface area contributed by atoms with Crippen molar-refractivity contribution in [3.05, 3.63) is 53.1 Å². The lowest BCUT2D eigenvalue weighted by Crippen LogP contribution is -2.26. The molecule has 8 heteroatoms. The maximum atomic E-state index is 12.2. The van der Waals surface area contributed by atoms with Crippen LogP contribution in [-0.4, -0.2) is 20.2 Å². The van der Waals surface area contributed by atoms with Crippen LogP contribution in [0.1, 0.15) is 12.0 Å². The summed E-state index contributed by atoms with van der Waals surface area (Å²) in [6.45, 7) is 1.79. The number of halogens is 1. The van der Waals surface area contributed by atoms with Gasteiger partial charge in [-0.1, -0.05) is 29.8 Å². The molecule has 2 aromatic rings. The van der Waals surface area contributed by atoms with Crippen molar-refractivity contribution in [3.63, 3.8) is 0 Å². The second kappa shape index (κ2) is 6.26. The molecule has 1 aliphatic rings. The lowest BCUT2D eigenvalue weighted by molar-refractivity contribution is -0.115. The molecule has 0 atom stereocenters. The molecule has 2 aromatic carbocycles. The van der Waals surface area contributed by atoms with Crippen LogP contribution in [0.2, 0.25) is 5.02 Å². The van der Waals surface area contributed by atoms with Crippen LogP contribution in [0.5, 0.6) is 0 Å². The van der Waals surface area contributed by atoms with Gasteiger partial charge in [0.1, 0.15) is 10.7 Å². The van der Waals surface area contributed by atoms with Crippen molar-refractivity contribution in [1.82, 2.24) is 0 Å². The molecule has 0 aliphatic carbocycles. The topological polar surface area (TPSA) is 87.6 Å². The van der Waals surface area contributed by atoms with E-state index in [1.807, 2.05) is 0 Å². The zero-order valence-electron chi connectivity index (χ0n) is 12.7. The molecule has 1 amide bonds. The molecule has 3 rings (SSSR count). The first kappa shape index (κ1) is 16.5. The predicted molar refractivity (Wildman–Crippen MR) is 94.1 cm³/mol. The molecule has 124 valence electrons. The van der Waals surface area contributed by atoms with E-state index < -0.39 is 10.0 Å². The Balaban J connectivity index is 1.79. The summed E-state index contributed by atoms with van der Waals surface area (Å²) in [6, 6.07) is 11.6. The van der Waals surface area contributed by atoms with E-state index in [0.29, 0.717) is 16.4 Å². The largest absolute Gasteiger partial charge is 0.341 e. The van der Waals surface area contributed by atoms with Gasteiger partial charge in [0, 0.05) is 10.7 Å². The van der Waals surface area contributed by atoms with Crippen LogP contribution in [-0.2, 0) is 14.8 Å². The van der Waals surface area contributed by atoms with Gasteiger partial charge in [0.25, 0.3) is 10.0 Å². The first-order valence-electron chi connectivity index (χ1n) is 7.12. The molecule has 6 nitrogen and oxygen atoms in total. The molecule has 0 radical (unpaired) electrons. The predicted octanol–water partition coefficient (Wildman–Crippen LogP) is 3.19. The van der Waals surface area contributed by atoms with Crippen molar-refractivity contribution in [3.8, 4) is 0 Å². The number of benzene rings is 2. The summed E-state index contributed by atoms with van der Waals surface area (Å²) in [7, 11) is -3.80. The lowest BCUT2D eigenvalue weighted by Gasteiger charge is -2.18. The van der Waals surface area contributed by atoms with Gasteiger partial charge in [0.05, 0.1) is 12.1 Å². The van der Waals surface area contributed by atoms with Crippen LogP contribution < -0.4 is 10.6 Å². The van der Waals surface area contributed by atoms with Crippen molar-refractivity contribution in [1.29, 1.82) is 0 Å². The summed E-state index contributed by atoms with van der Waals surface area (Å²) < 4.78 is 28.0. The highest BCUT2D eigenvalue weighted by Crippen LogP contribution is 2.27. The van der Waals surface area contributed by atoms with Gasteiger partial charge in [0.15, 0.2) is 0 Å². The second-order valence-corrected chi connectivity index (χ2v) is 7.25. The molecule has 0 spiro atoms. The van der Waals surface area contributed by atoms with E-state index in [0.717, 1.165) is 5.56 Å². The number of carbonyl (C=O) groups excluding carboxylic acids is 1. The fraction of sp³-hybridized carbons (Fsp3) is 0.125. The zero-order chi connectivity index (χ0) is 17.3. The quantitative estimate of drug-likeness (QED) is 0.876. The van der Waals surface area contributed by atoms with Crippen LogP contribution in [0.25, 0.3) is 0 Å². The van der Waals surface area contributed by atoms with E-state index >= 15 is 0 Å². The number of nitrogens with one attached hydrogen (secondary N) is 2. The summed E-state index contributed by atoms with van der Waals surface area (Å²) in [5.41, 5.74) is 1.73. The van der Waals surface area contributed by atoms with Gasteiger partial charge in [-0.3, -0.25) is 4.79 Å². The number of carbonyl (C=O) groups is 1. The highest BCUT2D eigenvalue weighted by molar-refractivity contribution is 7.90. The number of rotatable bonds is 3. The van der Waals surface area contributed by atoms with Crippen molar-refractivity contribution in [2.45, 2.75) is 18.2 Å². The van der Waals surface area contributed by atoms with E-state index in [9.17, 15) is 13.2 Å². The molecule has 0 saturated heterocycles. The summed E-state index contributed by atoms with van der Waals surface area (Å²) in [6.07, 6.45) is -0.195. The zero-order valence-corrected chi connectivity index (χ0v) is 14.3. The highest BCUT2D eigenvalue weighted by Gasteiger charge is 2.25. The fourth-order valence-electron chi connectivity index (χ4n) is 2.33. The van der Waals surface area contributed by atoms with Crippen LogP contribution in [0.3, 0.4) is 0 Å². The summed E-state index contributed by atoms with van der Waals surface area (Å²) in [5, 5.41) is 6.13. The van der Waals surface area contributed by atoms with Gasteiger partial charge in [-0.15, -0.1) is 4.40 Å². The number of sulfonamides is 1. The molecular weight excluding hydrogens is 350 g/mol. The number of hydrogen-bond donors (Lipinski definition) is 2. The molecule has 0 aromatic heterocycles. The summed E-state index contributed by atoms with van der Waals surface area (Å²) in [5.74, 6) is -0.313. The number of hydrogen-bond acceptors (Lipinski definition) is 4. The van der Waals surface area contributed by atoms with E-state index in [-0.39, 0.29) is 23.1 Å². The average molecular weight is 364 g/mol. The molecule has 1 aliphatic heterocycles. The first-order chi connectivity index (χ1) is 11.4. The van der Waals surface area contributed by atoms with E-state index in [4.69, 9.17) is 11.6 Å². The van der Waals surface area contributed by atoms with Gasteiger partial charge in [0.2, 0.25) is 5.91 Å². The SMILES string of the molecule is Cc1c(Cl)cccc1NC(=O)CC1=NS(=O)(=O)c2ccccc2N1. The number of anilines is 2. The second-order valence-electron chi connectivity index (χ2n) is 5.27. The number of amidine groups is 1. The fourth-order valence-corrected chi connectivity index (χ4v) is 3.65. The summed E-state index contributed by atoms with van der Waals surface area (Å²) in [4.78, 5) is 12.3. The minimum atomic E-state index is -3.80. The monoisotopic (exact) mass is 363 g/mol. The van der Waals surface area contributed by atoms with Crippen LogP contribution in [0.15, 0.2) is 51.8 Å². The van der Waals surface area contributed by atoms with Crippen molar-refractivity contribution >= 4 is 44.7 Å². The Bertz CT molecular complexity index is 955. The van der Waals surface area contributed by atoms with Crippen LogP contribution in [0, 0.1) is 6.92 Å². The maximum Gasteiger partial charge on any atom is 0.286 e. The van der Waals surface area contributed by atoms with Gasteiger partial charge in [-0.05, 0) is 36.8 Å². The van der Waals surface area contributed by atoms with Gasteiger partial charge >= 0.3 is 0 Å². The van der Waals surface area contributed by atoms with Crippen molar-refractivity contribution in [2.24, 2.45) is 4.40 Å². The molecule has 1 heterocycles. The third kappa shape index (κ3) is 3.27. The Kier molecular flexibility index (Phi) is 4.29. The van der Waals surface area contributed by atoms with Crippen molar-refractivity contribution < 1.29 is 13.2 Å². The Morgan fingerprint density at radius 1 is 1.21 bits per heavy atom. The van der Waals surface area contributed by atoms with Crippen LogP contribution in [0.4, 0.5) is 11.4 Å². The molecule has 0 saturated carbocycles. The van der Waals surface area contributed by atoms with E-state index in [1.54, 1.807) is 43.3 Å². The van der Waals surface area contributed by atoms with Crippen LogP contribution >= 0.6 is 11.6 Å². The number of amides is 1. The number of fused-ring (bicyclic) bond motifs is 1. The Labute approximate surface area is 144 Å². The molecule has 24 heavy (non-hydrogen) atoms. The Morgan fingerprint density at radius 3 is 2.75 bits per heavy atom.